The molecule has 1 fully saturated rings. The summed E-state index contributed by atoms with van der Waals surface area (Å²) >= 11 is 6.62. The van der Waals surface area contributed by atoms with E-state index in [1.54, 1.807) is 19.1 Å². The minimum Gasteiger partial charge on any atom is -0.371 e. The fourth-order valence-corrected chi connectivity index (χ4v) is 5.38. The van der Waals surface area contributed by atoms with Crippen LogP contribution in [-0.4, -0.2) is 24.7 Å². The van der Waals surface area contributed by atoms with E-state index in [1.807, 2.05) is 6.07 Å². The monoisotopic (exact) mass is 479 g/mol. The summed E-state index contributed by atoms with van der Waals surface area (Å²) in [5.74, 6) is 0.0807. The lowest BCUT2D eigenvalue weighted by Crippen LogP contribution is -2.35. The van der Waals surface area contributed by atoms with Crippen molar-refractivity contribution in [1.29, 1.82) is 0 Å². The van der Waals surface area contributed by atoms with E-state index >= 15 is 0 Å². The molecule has 0 saturated carbocycles. The topological polar surface area (TPSA) is 37.4 Å². The number of Topliss-reactive ketones (excluding diaryl/α,β-unsaturated/α-hetero) is 2. The molecule has 2 aliphatic rings. The third-order valence-electron chi connectivity index (χ3n) is 7.08. The molecule has 0 amide bonds. The highest BCUT2D eigenvalue weighted by atomic mass is 35.5. The van der Waals surface area contributed by atoms with Crippen LogP contribution in [0.2, 0.25) is 5.02 Å². The number of nitrogens with zero attached hydrogens (tertiary/aromatic N) is 1. The SMILES string of the molecule is CCC1=CC=Cc2c(Cl)cc(C(C)=O)c(N3CCC(CCC(=O)c4cccc(F)c4)CC3)c2C1. The predicted octanol–water partition coefficient (Wildman–Crippen LogP) is 7.47. The number of carbonyl (C=O) groups excluding carboxylic acids is 2. The molecule has 1 aliphatic heterocycles. The van der Waals surface area contributed by atoms with Gasteiger partial charge < -0.3 is 4.90 Å². The average molecular weight is 480 g/mol. The van der Waals surface area contributed by atoms with Crippen LogP contribution in [0.5, 0.6) is 0 Å². The summed E-state index contributed by atoms with van der Waals surface area (Å²) in [7, 11) is 0. The number of carbonyl (C=O) groups is 2. The molecule has 0 unspecified atom stereocenters. The van der Waals surface area contributed by atoms with E-state index in [9.17, 15) is 14.0 Å². The molecule has 0 N–H and O–H groups in total. The fraction of sp³-hybridized carbons (Fsp3) is 0.379. The zero-order valence-electron chi connectivity index (χ0n) is 19.9. The molecule has 5 heteroatoms. The third kappa shape index (κ3) is 5.33. The average Bonchev–Trinajstić information content (AvgIpc) is 3.06. The lowest BCUT2D eigenvalue weighted by Gasteiger charge is -2.36. The first-order valence-corrected chi connectivity index (χ1v) is 12.5. The Morgan fingerprint density at radius 2 is 1.94 bits per heavy atom. The van der Waals surface area contributed by atoms with Gasteiger partial charge in [-0.25, -0.2) is 4.39 Å². The quantitative estimate of drug-likeness (QED) is 0.386. The number of hydrogen-bond acceptors (Lipinski definition) is 3. The van der Waals surface area contributed by atoms with Gasteiger partial charge in [-0.2, -0.15) is 0 Å². The van der Waals surface area contributed by atoms with Gasteiger partial charge in [0.25, 0.3) is 0 Å². The smallest absolute Gasteiger partial charge is 0.162 e. The summed E-state index contributed by atoms with van der Waals surface area (Å²) in [5.41, 5.74) is 5.61. The molecule has 1 aliphatic carbocycles. The fourth-order valence-electron chi connectivity index (χ4n) is 5.09. The molecule has 0 bridgehead atoms. The van der Waals surface area contributed by atoms with Gasteiger partial charge in [0, 0.05) is 35.7 Å². The molecule has 2 aromatic carbocycles. The van der Waals surface area contributed by atoms with Crippen LogP contribution in [0.1, 0.15) is 77.8 Å². The molecular formula is C29H31ClFNO2. The molecule has 0 atom stereocenters. The lowest BCUT2D eigenvalue weighted by atomic mass is 9.88. The second-order valence-electron chi connectivity index (χ2n) is 9.32. The summed E-state index contributed by atoms with van der Waals surface area (Å²) in [6, 6.07) is 7.75. The molecule has 3 nitrogen and oxygen atoms in total. The Morgan fingerprint density at radius 3 is 2.62 bits per heavy atom. The first-order chi connectivity index (χ1) is 16.4. The summed E-state index contributed by atoms with van der Waals surface area (Å²) in [6.45, 7) is 5.43. The Labute approximate surface area is 206 Å². The summed E-state index contributed by atoms with van der Waals surface area (Å²) in [4.78, 5) is 27.4. The first kappa shape index (κ1) is 24.4. The van der Waals surface area contributed by atoms with Crippen LogP contribution in [-0.2, 0) is 6.42 Å². The van der Waals surface area contributed by atoms with Crippen molar-refractivity contribution in [3.63, 3.8) is 0 Å². The second-order valence-corrected chi connectivity index (χ2v) is 9.73. The van der Waals surface area contributed by atoms with Crippen LogP contribution >= 0.6 is 11.6 Å². The lowest BCUT2D eigenvalue weighted by molar-refractivity contribution is 0.0969. The minimum atomic E-state index is -0.376. The number of rotatable bonds is 7. The Morgan fingerprint density at radius 1 is 1.18 bits per heavy atom. The van der Waals surface area contributed by atoms with Crippen LogP contribution in [0, 0.1) is 11.7 Å². The van der Waals surface area contributed by atoms with Gasteiger partial charge >= 0.3 is 0 Å². The van der Waals surface area contributed by atoms with Gasteiger partial charge in [-0.1, -0.05) is 54.5 Å². The van der Waals surface area contributed by atoms with Gasteiger partial charge in [0.2, 0.25) is 0 Å². The van der Waals surface area contributed by atoms with Gasteiger partial charge in [0.15, 0.2) is 11.6 Å². The van der Waals surface area contributed by atoms with Crippen molar-refractivity contribution in [2.24, 2.45) is 5.92 Å². The molecule has 1 heterocycles. The molecule has 0 aromatic heterocycles. The van der Waals surface area contributed by atoms with E-state index in [0.29, 0.717) is 28.5 Å². The van der Waals surface area contributed by atoms with Crippen LogP contribution in [0.4, 0.5) is 10.1 Å². The van der Waals surface area contributed by atoms with Crippen LogP contribution in [0.25, 0.3) is 6.08 Å². The minimum absolute atomic E-state index is 0.00511. The number of hydrogen-bond donors (Lipinski definition) is 0. The van der Waals surface area contributed by atoms with Crippen LogP contribution in [0.3, 0.4) is 0 Å². The highest BCUT2D eigenvalue weighted by Crippen LogP contribution is 2.40. The number of allylic oxidation sites excluding steroid dienone is 3. The number of benzene rings is 2. The number of fused-ring (bicyclic) bond motifs is 1. The highest BCUT2D eigenvalue weighted by molar-refractivity contribution is 6.33. The molecule has 0 spiro atoms. The standard InChI is InChI=1S/C29H31ClFNO2/c1-3-20-6-4-9-24-26(16-20)29(25(19(2)33)18-27(24)30)32-14-12-21(13-15-32)10-11-28(34)22-7-5-8-23(31)17-22/h4-9,17-18,21H,3,10-16H2,1-2H3. The van der Waals surface area contributed by atoms with Crippen molar-refractivity contribution in [3.8, 4) is 0 Å². The van der Waals surface area contributed by atoms with Crippen LogP contribution in [0.15, 0.2) is 48.1 Å². The van der Waals surface area contributed by atoms with E-state index in [1.165, 1.54) is 17.7 Å². The van der Waals surface area contributed by atoms with E-state index in [2.05, 4.69) is 30.1 Å². The highest BCUT2D eigenvalue weighted by Gasteiger charge is 2.27. The number of halogens is 2. The van der Waals surface area contributed by atoms with Crippen molar-refractivity contribution in [3.05, 3.63) is 81.2 Å². The zero-order chi connectivity index (χ0) is 24.2. The normalized spacial score (nSPS) is 16.1. The maximum absolute atomic E-state index is 13.4. The third-order valence-corrected chi connectivity index (χ3v) is 7.40. The van der Waals surface area contributed by atoms with Gasteiger partial charge in [0.1, 0.15) is 5.82 Å². The van der Waals surface area contributed by atoms with E-state index < -0.39 is 0 Å². The van der Waals surface area contributed by atoms with E-state index in [0.717, 1.165) is 62.0 Å². The van der Waals surface area contributed by atoms with Crippen molar-refractivity contribution in [1.82, 2.24) is 0 Å². The Kier molecular flexibility index (Phi) is 7.67. The number of ketones is 2. The molecule has 1 saturated heterocycles. The maximum Gasteiger partial charge on any atom is 0.162 e. The second kappa shape index (κ2) is 10.7. The van der Waals surface area contributed by atoms with E-state index in [4.69, 9.17) is 11.6 Å². The van der Waals surface area contributed by atoms with Crippen molar-refractivity contribution < 1.29 is 14.0 Å². The van der Waals surface area contributed by atoms with Crippen LogP contribution < -0.4 is 4.90 Å². The van der Waals surface area contributed by atoms with Crippen molar-refractivity contribution in [2.75, 3.05) is 18.0 Å². The summed E-state index contributed by atoms with van der Waals surface area (Å²) < 4.78 is 13.4. The number of anilines is 1. The Hall–Kier alpha value is -2.72. The predicted molar refractivity (Wildman–Crippen MR) is 137 cm³/mol. The Bertz CT molecular complexity index is 1160. The number of piperidine rings is 1. The van der Waals surface area contributed by atoms with Gasteiger partial charge in [0.05, 0.1) is 5.69 Å². The first-order valence-electron chi connectivity index (χ1n) is 12.1. The summed E-state index contributed by atoms with van der Waals surface area (Å²) in [5, 5.41) is 0.622. The molecule has 34 heavy (non-hydrogen) atoms. The molecular weight excluding hydrogens is 449 g/mol. The summed E-state index contributed by atoms with van der Waals surface area (Å²) in [6.07, 6.45) is 11.1. The van der Waals surface area contributed by atoms with Gasteiger partial charge in [-0.15, -0.1) is 0 Å². The largest absolute Gasteiger partial charge is 0.371 e. The van der Waals surface area contributed by atoms with Crippen molar-refractivity contribution in [2.45, 2.75) is 52.4 Å². The van der Waals surface area contributed by atoms with E-state index in [-0.39, 0.29) is 17.4 Å². The molecule has 2 aromatic rings. The zero-order valence-corrected chi connectivity index (χ0v) is 20.6. The Balaban J connectivity index is 1.50. The van der Waals surface area contributed by atoms with Gasteiger partial charge in [-0.3, -0.25) is 9.59 Å². The van der Waals surface area contributed by atoms with Crippen molar-refractivity contribution >= 4 is 34.9 Å². The maximum atomic E-state index is 13.4. The molecule has 4 rings (SSSR count). The van der Waals surface area contributed by atoms with Gasteiger partial charge in [-0.05, 0) is 74.3 Å². The molecule has 0 radical (unpaired) electrons. The molecule has 178 valence electrons.